The maximum atomic E-state index is 12.9. The molecule has 0 radical (unpaired) electrons. The zero-order chi connectivity index (χ0) is 46.0. The minimum atomic E-state index is -5.77. The Hall–Kier alpha value is 0.310. The molecule has 0 saturated carbocycles. The van der Waals surface area contributed by atoms with Gasteiger partial charge in [-0.05, 0) is 48.5 Å². The van der Waals surface area contributed by atoms with Gasteiger partial charge in [-0.3, -0.25) is 8.37 Å². The molecule has 0 aliphatic rings. The fraction of sp³-hybridized carbons (Fsp3) is 0.185. The number of hydrogen-bond donors (Lipinski definition) is 2. The SMILES string of the molecule is O=S(=O)([O-])CNc1ccc2c(O)c(N=Nc3ccccc3S(=O)(=O)CCOS(=O)(=O)[O-])c(S(=O)(=O)[O-])cc2c1N=Nc1ccc(S(=O)(=O)CCOS(=O)(=O)[O-])cc1S(=O)(=O)[O-].[Na+].[Na+].[Na+].[Na+].[Na+]. The van der Waals surface area contributed by atoms with E-state index >= 15 is 0 Å². The van der Waals surface area contributed by atoms with Crippen LogP contribution in [0.15, 0.2) is 101 Å². The molecule has 4 aromatic carbocycles. The summed E-state index contributed by atoms with van der Waals surface area (Å²) in [6.07, 6.45) is 0. The number of nitrogens with one attached hydrogen (secondary N) is 1. The van der Waals surface area contributed by atoms with Gasteiger partial charge in [0.25, 0.3) is 0 Å². The van der Waals surface area contributed by atoms with Gasteiger partial charge in [0.1, 0.15) is 59.0 Å². The molecule has 4 rings (SSSR count). The van der Waals surface area contributed by atoms with Gasteiger partial charge in [-0.25, -0.2) is 58.9 Å². The van der Waals surface area contributed by atoms with Gasteiger partial charge in [-0.2, -0.15) is 0 Å². The van der Waals surface area contributed by atoms with E-state index in [4.69, 9.17) is 0 Å². The van der Waals surface area contributed by atoms with Crippen LogP contribution in [-0.4, -0.2) is 117 Å². The molecule has 0 saturated heterocycles. The molecular weight excluding hydrogens is 1090 g/mol. The maximum absolute atomic E-state index is 12.9. The van der Waals surface area contributed by atoms with Crippen LogP contribution in [0.5, 0.6) is 5.75 Å². The van der Waals surface area contributed by atoms with E-state index in [1.807, 2.05) is 0 Å². The molecule has 0 aliphatic heterocycles. The average Bonchev–Trinajstić information content (AvgIpc) is 3.10. The monoisotopic (exact) mass is 1110 g/mol. The molecule has 66 heavy (non-hydrogen) atoms. The van der Waals surface area contributed by atoms with E-state index < -0.39 is 166 Å². The zero-order valence-corrected chi connectivity index (χ0v) is 50.2. The largest absolute Gasteiger partial charge is 1.00 e. The summed E-state index contributed by atoms with van der Waals surface area (Å²) < 4.78 is 232. The standard InChI is InChI=1S/C27H27N5O22S7.5Na/c33-27-17-6-8-21(28-15-57(38,39)40)25(31-30-20-7-5-16(13-23(20)58(41,42)43)55(34,35)11-9-53-60(47,48)49)18(17)14-24(59(44,45)46)26(27)32-29-19-3-1-2-4-22(19)56(36,37)12-10-54-61(50,51)52;;;;;/h1-8,13-14,28,33H,9-12,15H2,(H,38,39,40)(H,41,42,43)(H,44,45,46)(H,47,48,49)(H,50,51,52);;;;;/q;5*+1/p-5. The summed E-state index contributed by atoms with van der Waals surface area (Å²) in [5.41, 5.74) is -4.01. The van der Waals surface area contributed by atoms with Gasteiger partial charge in [0.2, 0.25) is 20.8 Å². The first-order valence-electron chi connectivity index (χ1n) is 15.4. The van der Waals surface area contributed by atoms with E-state index in [1.165, 1.54) is 12.1 Å². The molecule has 0 bridgehead atoms. The number of benzene rings is 4. The summed E-state index contributed by atoms with van der Waals surface area (Å²) in [5, 5.41) is 26.7. The maximum Gasteiger partial charge on any atom is 1.00 e. The van der Waals surface area contributed by atoms with Crippen LogP contribution in [0.4, 0.5) is 28.4 Å². The summed E-state index contributed by atoms with van der Waals surface area (Å²) in [6.45, 7) is -2.34. The van der Waals surface area contributed by atoms with Crippen LogP contribution >= 0.6 is 0 Å². The van der Waals surface area contributed by atoms with Gasteiger partial charge in [-0.1, -0.05) is 12.1 Å². The first kappa shape index (κ1) is 68.4. The third-order valence-electron chi connectivity index (χ3n) is 7.35. The van der Waals surface area contributed by atoms with Crippen molar-refractivity contribution in [2.24, 2.45) is 20.5 Å². The molecule has 0 aromatic heterocycles. The van der Waals surface area contributed by atoms with Gasteiger partial charge in [0.15, 0.2) is 25.4 Å². The number of rotatable bonds is 19. The Kier molecular flexibility index (Phi) is 27.8. The number of nitrogens with zero attached hydrogens (tertiary/aromatic N) is 4. The molecule has 0 fully saturated rings. The number of phenols is 1. The van der Waals surface area contributed by atoms with Crippen LogP contribution in [0.3, 0.4) is 0 Å². The molecule has 0 atom stereocenters. The Labute approximate surface area is 487 Å². The summed E-state index contributed by atoms with van der Waals surface area (Å²) in [7, 11) is -36.4. The molecular formula is C27H22N5Na5O22S7. The molecule has 27 nitrogen and oxygen atoms in total. The Balaban J connectivity index is 0. The number of azo groups is 2. The van der Waals surface area contributed by atoms with Crippen LogP contribution in [0.1, 0.15) is 0 Å². The smallest absolute Gasteiger partial charge is 0.747 e. The van der Waals surface area contributed by atoms with E-state index in [1.54, 1.807) is 0 Å². The van der Waals surface area contributed by atoms with Gasteiger partial charge in [0, 0.05) is 10.8 Å². The molecule has 2 N–H and O–H groups in total. The van der Waals surface area contributed by atoms with E-state index in [0.29, 0.717) is 18.2 Å². The van der Waals surface area contributed by atoms with Gasteiger partial charge in [-0.15, -0.1) is 20.5 Å². The van der Waals surface area contributed by atoms with Crippen LogP contribution < -0.4 is 153 Å². The minimum absolute atomic E-state index is 0. The van der Waals surface area contributed by atoms with E-state index in [0.717, 1.165) is 24.3 Å². The van der Waals surface area contributed by atoms with Crippen LogP contribution in [0.2, 0.25) is 0 Å². The van der Waals surface area contributed by atoms with Crippen LogP contribution in [0.25, 0.3) is 10.8 Å². The van der Waals surface area contributed by atoms with Crippen molar-refractivity contribution in [3.05, 3.63) is 60.7 Å². The summed E-state index contributed by atoms with van der Waals surface area (Å²) in [5.74, 6) is -4.92. The summed E-state index contributed by atoms with van der Waals surface area (Å²) in [6, 6.07) is 8.10. The quantitative estimate of drug-likeness (QED) is 0.0381. The van der Waals surface area contributed by atoms with Gasteiger partial charge in [0.05, 0.1) is 50.0 Å². The van der Waals surface area contributed by atoms with Crippen molar-refractivity contribution < 1.29 is 243 Å². The number of aromatic hydroxyl groups is 1. The van der Waals surface area contributed by atoms with Crippen molar-refractivity contribution in [1.29, 1.82) is 0 Å². The summed E-state index contributed by atoms with van der Waals surface area (Å²) in [4.78, 5) is -4.43. The van der Waals surface area contributed by atoms with Gasteiger partial charge >= 0.3 is 148 Å². The molecule has 0 amide bonds. The van der Waals surface area contributed by atoms with Crippen molar-refractivity contribution >= 4 is 110 Å². The second-order valence-electron chi connectivity index (χ2n) is 11.5. The predicted octanol–water partition coefficient (Wildman–Crippen LogP) is -14.4. The third kappa shape index (κ3) is 20.1. The van der Waals surface area contributed by atoms with Crippen molar-refractivity contribution in [2.45, 2.75) is 19.6 Å². The second kappa shape index (κ2) is 26.8. The van der Waals surface area contributed by atoms with Crippen molar-refractivity contribution in [3.63, 3.8) is 0 Å². The van der Waals surface area contributed by atoms with Gasteiger partial charge < -0.3 is 33.2 Å². The van der Waals surface area contributed by atoms with Crippen LogP contribution in [-0.2, 0) is 79.2 Å². The molecule has 4 aromatic rings. The van der Waals surface area contributed by atoms with E-state index in [2.05, 4.69) is 34.1 Å². The minimum Gasteiger partial charge on any atom is -0.747 e. The molecule has 334 valence electrons. The number of anilines is 1. The van der Waals surface area contributed by atoms with E-state index in [-0.39, 0.29) is 154 Å². The molecule has 0 spiro atoms. The number of fused-ring (bicyclic) bond motifs is 1. The topological polar surface area (TPSA) is 454 Å². The van der Waals surface area contributed by atoms with E-state index in [9.17, 15) is 86.8 Å². The Morgan fingerprint density at radius 1 is 0.515 bits per heavy atom. The predicted molar refractivity (Wildman–Crippen MR) is 196 cm³/mol. The number of hydrogen-bond acceptors (Lipinski definition) is 27. The Morgan fingerprint density at radius 2 is 1.00 bits per heavy atom. The molecule has 0 unspecified atom stereocenters. The Morgan fingerprint density at radius 3 is 1.50 bits per heavy atom. The fourth-order valence-corrected chi connectivity index (χ4v) is 9.62. The second-order valence-corrected chi connectivity index (χ2v) is 21.9. The molecule has 0 heterocycles. The third-order valence-corrected chi connectivity index (χ3v) is 13.9. The first-order valence-corrected chi connectivity index (χ1v) is 25.8. The number of phenolic OH excluding ortho intramolecular Hbond substituents is 1. The van der Waals surface area contributed by atoms with Crippen molar-refractivity contribution in [1.82, 2.24) is 0 Å². The fourth-order valence-electron chi connectivity index (χ4n) is 4.81. The van der Waals surface area contributed by atoms with Crippen LogP contribution in [0, 0.1) is 0 Å². The number of sulfone groups is 2. The molecule has 39 heteroatoms. The average molecular weight is 1110 g/mol. The van der Waals surface area contributed by atoms with Crippen molar-refractivity contribution in [3.8, 4) is 5.75 Å². The normalized spacial score (nSPS) is 12.6. The zero-order valence-electron chi connectivity index (χ0n) is 34.5. The molecule has 0 aliphatic carbocycles. The Bertz CT molecular complexity index is 3290. The summed E-state index contributed by atoms with van der Waals surface area (Å²) >= 11 is 0. The first-order chi connectivity index (χ1) is 27.8. The van der Waals surface area contributed by atoms with Crippen molar-refractivity contribution in [2.75, 3.05) is 35.9 Å².